The first-order valence-electron chi connectivity index (χ1n) is 5.38. The third kappa shape index (κ3) is 1.78. The molecule has 17 heavy (non-hydrogen) atoms. The van der Waals surface area contributed by atoms with Gasteiger partial charge in [-0.2, -0.15) is 0 Å². The molecule has 0 amide bonds. The quantitative estimate of drug-likeness (QED) is 0.639. The van der Waals surface area contributed by atoms with Crippen LogP contribution in [-0.2, 0) is 0 Å². The van der Waals surface area contributed by atoms with Gasteiger partial charge in [-0.3, -0.25) is 0 Å². The number of rotatable bonds is 1. The van der Waals surface area contributed by atoms with Crippen LogP contribution in [0, 0.1) is 13.8 Å². The fourth-order valence-corrected chi connectivity index (χ4v) is 1.88. The van der Waals surface area contributed by atoms with Gasteiger partial charge < -0.3 is 4.42 Å². The third-order valence-electron chi connectivity index (χ3n) is 2.59. The molecule has 0 saturated heterocycles. The molecule has 2 heterocycles. The highest BCUT2D eigenvalue weighted by Crippen LogP contribution is 2.22. The van der Waals surface area contributed by atoms with E-state index >= 15 is 0 Å². The zero-order valence-electron chi connectivity index (χ0n) is 9.64. The molecule has 0 aliphatic heterocycles. The molecular weight excluding hydrogens is 214 g/mol. The highest BCUT2D eigenvalue weighted by atomic mass is 16.3. The van der Waals surface area contributed by atoms with Gasteiger partial charge in [0, 0.05) is 11.3 Å². The highest BCUT2D eigenvalue weighted by molar-refractivity contribution is 5.78. The summed E-state index contributed by atoms with van der Waals surface area (Å²) in [7, 11) is 0. The van der Waals surface area contributed by atoms with E-state index < -0.39 is 0 Å². The average molecular weight is 225 g/mol. The number of aryl methyl sites for hydroxylation is 2. The molecule has 0 saturated carbocycles. The van der Waals surface area contributed by atoms with Crippen molar-refractivity contribution in [2.75, 3.05) is 0 Å². The molecule has 0 radical (unpaired) electrons. The van der Waals surface area contributed by atoms with Crippen LogP contribution in [-0.4, -0.2) is 15.0 Å². The Kier molecular flexibility index (Phi) is 2.14. The lowest BCUT2D eigenvalue weighted by Gasteiger charge is -2.03. The maximum Gasteiger partial charge on any atom is 0.181 e. The average Bonchev–Trinajstić information content (AvgIpc) is 2.74. The molecule has 0 fully saturated rings. The van der Waals surface area contributed by atoms with Crippen LogP contribution in [0.3, 0.4) is 0 Å². The molecule has 0 aliphatic carbocycles. The zero-order valence-corrected chi connectivity index (χ0v) is 9.64. The zero-order chi connectivity index (χ0) is 11.8. The molecule has 3 rings (SSSR count). The maximum atomic E-state index is 5.29. The molecule has 3 aromatic rings. The smallest absolute Gasteiger partial charge is 0.181 e. The molecule has 0 atom stereocenters. The minimum absolute atomic E-state index is 0.774. The topological polar surface area (TPSA) is 51.8 Å². The van der Waals surface area contributed by atoms with Gasteiger partial charge in [-0.15, -0.1) is 0 Å². The lowest BCUT2D eigenvalue weighted by atomic mass is 10.1. The summed E-state index contributed by atoms with van der Waals surface area (Å²) >= 11 is 0. The van der Waals surface area contributed by atoms with Crippen molar-refractivity contribution < 1.29 is 4.42 Å². The number of fused-ring (bicyclic) bond motifs is 1. The lowest BCUT2D eigenvalue weighted by molar-refractivity contribution is 0.602. The van der Waals surface area contributed by atoms with Crippen LogP contribution in [0.4, 0.5) is 0 Å². The highest BCUT2D eigenvalue weighted by Gasteiger charge is 2.05. The summed E-state index contributed by atoms with van der Waals surface area (Å²) < 4.78 is 5.29. The van der Waals surface area contributed by atoms with E-state index in [9.17, 15) is 0 Å². The summed E-state index contributed by atoms with van der Waals surface area (Å²) in [5, 5.41) is 0. The van der Waals surface area contributed by atoms with Crippen molar-refractivity contribution in [3.05, 3.63) is 42.2 Å². The molecule has 0 spiro atoms. The van der Waals surface area contributed by atoms with Crippen molar-refractivity contribution in [1.29, 1.82) is 0 Å². The van der Waals surface area contributed by atoms with Crippen LogP contribution in [0.15, 0.2) is 35.1 Å². The van der Waals surface area contributed by atoms with Gasteiger partial charge in [0.2, 0.25) is 0 Å². The molecule has 0 unspecified atom stereocenters. The molecule has 0 bridgehead atoms. The summed E-state index contributed by atoms with van der Waals surface area (Å²) in [6.45, 7) is 3.86. The Morgan fingerprint density at radius 3 is 2.76 bits per heavy atom. The summed E-state index contributed by atoms with van der Waals surface area (Å²) in [5.41, 5.74) is 4.52. The van der Waals surface area contributed by atoms with Crippen molar-refractivity contribution in [2.24, 2.45) is 0 Å². The molecule has 0 aliphatic rings. The predicted molar refractivity (Wildman–Crippen MR) is 64.5 cm³/mol. The van der Waals surface area contributed by atoms with Crippen LogP contribution in [0.5, 0.6) is 0 Å². The summed E-state index contributed by atoms with van der Waals surface area (Å²) in [5.74, 6) is 0.776. The van der Waals surface area contributed by atoms with Gasteiger partial charge in [0.1, 0.15) is 11.3 Å². The van der Waals surface area contributed by atoms with Gasteiger partial charge in [-0.05, 0) is 32.0 Å². The van der Waals surface area contributed by atoms with E-state index in [1.54, 1.807) is 0 Å². The second-order valence-corrected chi connectivity index (χ2v) is 3.98. The Bertz CT molecular complexity index is 668. The summed E-state index contributed by atoms with van der Waals surface area (Å²) in [6.07, 6.45) is 1.45. The molecular formula is C13H11N3O. The van der Waals surface area contributed by atoms with E-state index in [1.807, 2.05) is 38.1 Å². The monoisotopic (exact) mass is 225 g/mol. The third-order valence-corrected chi connectivity index (χ3v) is 2.59. The van der Waals surface area contributed by atoms with Gasteiger partial charge in [-0.1, -0.05) is 6.07 Å². The Hall–Kier alpha value is -2.23. The largest absolute Gasteiger partial charge is 0.443 e. The Labute approximate surface area is 98.4 Å². The minimum atomic E-state index is 0.774. The summed E-state index contributed by atoms with van der Waals surface area (Å²) in [6, 6.07) is 7.83. The summed E-state index contributed by atoms with van der Waals surface area (Å²) in [4.78, 5) is 12.8. The lowest BCUT2D eigenvalue weighted by Crippen LogP contribution is -1.93. The second-order valence-electron chi connectivity index (χ2n) is 3.98. The first-order chi connectivity index (χ1) is 8.22. The molecule has 4 nitrogen and oxygen atoms in total. The number of hydrogen-bond donors (Lipinski definition) is 0. The first-order valence-corrected chi connectivity index (χ1v) is 5.38. The van der Waals surface area contributed by atoms with Crippen molar-refractivity contribution in [3.63, 3.8) is 0 Å². The van der Waals surface area contributed by atoms with Gasteiger partial charge >= 0.3 is 0 Å². The van der Waals surface area contributed by atoms with Gasteiger partial charge in [0.15, 0.2) is 12.0 Å². The normalized spacial score (nSPS) is 10.9. The number of oxazole rings is 1. The van der Waals surface area contributed by atoms with Crippen LogP contribution >= 0.6 is 0 Å². The number of nitrogens with zero attached hydrogens (tertiary/aromatic N) is 3. The van der Waals surface area contributed by atoms with E-state index in [-0.39, 0.29) is 0 Å². The predicted octanol–water partition coefficient (Wildman–Crippen LogP) is 2.90. The Morgan fingerprint density at radius 1 is 1.06 bits per heavy atom. The van der Waals surface area contributed by atoms with Gasteiger partial charge in [-0.25, -0.2) is 15.0 Å². The minimum Gasteiger partial charge on any atom is -0.443 e. The molecule has 2 aromatic heterocycles. The van der Waals surface area contributed by atoms with E-state index in [4.69, 9.17) is 4.42 Å². The Morgan fingerprint density at radius 2 is 1.94 bits per heavy atom. The van der Waals surface area contributed by atoms with E-state index in [1.165, 1.54) is 6.39 Å². The van der Waals surface area contributed by atoms with Crippen molar-refractivity contribution in [3.8, 4) is 11.3 Å². The SMILES string of the molecule is Cc1cc(-c2ccc3ncoc3c2)nc(C)n1. The van der Waals surface area contributed by atoms with Crippen molar-refractivity contribution in [1.82, 2.24) is 15.0 Å². The fraction of sp³-hybridized carbons (Fsp3) is 0.154. The van der Waals surface area contributed by atoms with E-state index in [2.05, 4.69) is 15.0 Å². The second kappa shape index (κ2) is 3.66. The number of hydrogen-bond acceptors (Lipinski definition) is 4. The van der Waals surface area contributed by atoms with Gasteiger partial charge in [0.25, 0.3) is 0 Å². The van der Waals surface area contributed by atoms with E-state index in [0.717, 1.165) is 33.9 Å². The van der Waals surface area contributed by atoms with Gasteiger partial charge in [0.05, 0.1) is 5.69 Å². The first kappa shape index (κ1) is 9.96. The molecule has 4 heteroatoms. The molecule has 1 aromatic carbocycles. The van der Waals surface area contributed by atoms with Crippen LogP contribution in [0.25, 0.3) is 22.4 Å². The van der Waals surface area contributed by atoms with Crippen LogP contribution in [0.1, 0.15) is 11.5 Å². The van der Waals surface area contributed by atoms with Crippen LogP contribution in [0.2, 0.25) is 0 Å². The maximum absolute atomic E-state index is 5.29. The standard InChI is InChI=1S/C13H11N3O/c1-8-5-12(16-9(2)15-8)10-3-4-11-13(6-10)17-7-14-11/h3-7H,1-2H3. The van der Waals surface area contributed by atoms with Crippen LogP contribution < -0.4 is 0 Å². The van der Waals surface area contributed by atoms with Crippen molar-refractivity contribution >= 4 is 11.1 Å². The number of benzene rings is 1. The van der Waals surface area contributed by atoms with E-state index in [0.29, 0.717) is 0 Å². The molecule has 84 valence electrons. The number of aromatic nitrogens is 3. The molecule has 0 N–H and O–H groups in total. The van der Waals surface area contributed by atoms with Crippen molar-refractivity contribution in [2.45, 2.75) is 13.8 Å². The fourth-order valence-electron chi connectivity index (χ4n) is 1.88. The Balaban J connectivity index is 2.19.